The molecule has 0 saturated heterocycles. The van der Waals surface area contributed by atoms with E-state index in [1.54, 1.807) is 26.2 Å². The van der Waals surface area contributed by atoms with Crippen LogP contribution >= 0.6 is 12.2 Å². The number of hydrogen-bond donors (Lipinski definition) is 2. The fourth-order valence-electron chi connectivity index (χ4n) is 1.98. The molecule has 0 unspecified atom stereocenters. The fraction of sp³-hybridized carbons (Fsp3) is 0.176. The van der Waals surface area contributed by atoms with Crippen molar-refractivity contribution in [2.24, 2.45) is 0 Å². The van der Waals surface area contributed by atoms with E-state index >= 15 is 0 Å². The van der Waals surface area contributed by atoms with Crippen LogP contribution < -0.4 is 15.4 Å². The topological polar surface area (TPSA) is 50.4 Å². The summed E-state index contributed by atoms with van der Waals surface area (Å²) in [6.45, 7) is 3.52. The van der Waals surface area contributed by atoms with Gasteiger partial charge in [-0.25, -0.2) is 0 Å². The van der Waals surface area contributed by atoms with Gasteiger partial charge in [-0.15, -0.1) is 0 Å². The molecule has 114 valence electrons. The van der Waals surface area contributed by atoms with Gasteiger partial charge in [-0.1, -0.05) is 0 Å². The van der Waals surface area contributed by atoms with Gasteiger partial charge in [0.25, 0.3) is 0 Å². The van der Waals surface area contributed by atoms with Gasteiger partial charge in [-0.05, 0) is 74.1 Å². The summed E-state index contributed by atoms with van der Waals surface area (Å²) in [5.41, 5.74) is 3.46. The highest BCUT2D eigenvalue weighted by molar-refractivity contribution is 7.80. The first-order valence-electron chi connectivity index (χ1n) is 6.83. The summed E-state index contributed by atoms with van der Waals surface area (Å²) in [5.74, 6) is 0.850. The molecule has 2 N–H and O–H groups in total. The van der Waals surface area contributed by atoms with Gasteiger partial charge in [0.15, 0.2) is 10.9 Å². The zero-order valence-electron chi connectivity index (χ0n) is 12.8. The van der Waals surface area contributed by atoms with E-state index in [4.69, 9.17) is 17.0 Å². The molecule has 4 nitrogen and oxygen atoms in total. The predicted octanol–water partition coefficient (Wildman–Crippen LogP) is 4.02. The Bertz CT molecular complexity index is 696. The monoisotopic (exact) mass is 314 g/mol. The van der Waals surface area contributed by atoms with Gasteiger partial charge in [-0.2, -0.15) is 0 Å². The number of Topliss-reactive ketones (excluding diaryl/α,β-unsaturated/α-hetero) is 1. The summed E-state index contributed by atoms with van der Waals surface area (Å²) >= 11 is 5.30. The molecule has 0 atom stereocenters. The molecule has 2 aromatic rings. The summed E-state index contributed by atoms with van der Waals surface area (Å²) in [7, 11) is 1.64. The zero-order chi connectivity index (χ0) is 16.1. The average molecular weight is 314 g/mol. The van der Waals surface area contributed by atoms with E-state index in [0.29, 0.717) is 10.7 Å². The van der Waals surface area contributed by atoms with Gasteiger partial charge >= 0.3 is 0 Å². The van der Waals surface area contributed by atoms with Crippen molar-refractivity contribution in [3.63, 3.8) is 0 Å². The molecule has 0 radical (unpaired) electrons. The Hall–Kier alpha value is -2.40. The lowest BCUT2D eigenvalue weighted by atomic mass is 10.1. The highest BCUT2D eigenvalue weighted by atomic mass is 32.1. The van der Waals surface area contributed by atoms with Crippen molar-refractivity contribution in [2.75, 3.05) is 17.7 Å². The molecule has 0 bridgehead atoms. The van der Waals surface area contributed by atoms with Crippen molar-refractivity contribution in [3.05, 3.63) is 53.6 Å². The molecular formula is C17H18N2O2S. The second-order valence-electron chi connectivity index (χ2n) is 4.89. The quantitative estimate of drug-likeness (QED) is 0.659. The molecule has 0 fully saturated rings. The number of hydrogen-bond acceptors (Lipinski definition) is 3. The van der Waals surface area contributed by atoms with Crippen molar-refractivity contribution in [2.45, 2.75) is 13.8 Å². The lowest BCUT2D eigenvalue weighted by Crippen LogP contribution is -2.19. The molecular weight excluding hydrogens is 296 g/mol. The van der Waals surface area contributed by atoms with Crippen molar-refractivity contribution >= 4 is 34.5 Å². The smallest absolute Gasteiger partial charge is 0.175 e. The lowest BCUT2D eigenvalue weighted by Gasteiger charge is -2.13. The summed E-state index contributed by atoms with van der Waals surface area (Å²) in [4.78, 5) is 11.2. The summed E-state index contributed by atoms with van der Waals surface area (Å²) in [6, 6.07) is 12.9. The molecule has 0 saturated carbocycles. The van der Waals surface area contributed by atoms with Crippen LogP contribution in [0.4, 0.5) is 11.4 Å². The number of thiocarbonyl (C=S) groups is 1. The number of ether oxygens (including phenoxy) is 1. The van der Waals surface area contributed by atoms with E-state index in [9.17, 15) is 4.79 Å². The maximum Gasteiger partial charge on any atom is 0.175 e. The first-order valence-corrected chi connectivity index (χ1v) is 7.24. The maximum absolute atomic E-state index is 11.2. The summed E-state index contributed by atoms with van der Waals surface area (Å²) < 4.78 is 5.18. The Balaban J connectivity index is 2.02. The molecule has 0 spiro atoms. The molecule has 0 aliphatic carbocycles. The van der Waals surface area contributed by atoms with E-state index in [1.807, 2.05) is 37.3 Å². The van der Waals surface area contributed by atoms with Crippen LogP contribution in [0.3, 0.4) is 0 Å². The van der Waals surface area contributed by atoms with Gasteiger partial charge in [0.05, 0.1) is 7.11 Å². The van der Waals surface area contributed by atoms with E-state index in [-0.39, 0.29) is 5.78 Å². The van der Waals surface area contributed by atoms with E-state index in [2.05, 4.69) is 10.6 Å². The molecule has 22 heavy (non-hydrogen) atoms. The first-order chi connectivity index (χ1) is 10.5. The number of nitrogens with one attached hydrogen (secondary N) is 2. The number of aryl methyl sites for hydroxylation is 1. The third-order valence-corrected chi connectivity index (χ3v) is 3.44. The number of carbonyl (C=O) groups is 1. The standard InChI is InChI=1S/C17H18N2O2S/c1-11-10-15(21-3)8-9-16(11)19-17(22)18-14-6-4-13(5-7-14)12(2)20/h4-10H,1-3H3,(H2,18,19,22). The number of rotatable bonds is 4. The van der Waals surface area contributed by atoms with Crippen molar-refractivity contribution in [1.29, 1.82) is 0 Å². The van der Waals surface area contributed by atoms with Gasteiger partial charge in [0, 0.05) is 16.9 Å². The number of carbonyl (C=O) groups excluding carboxylic acids is 1. The zero-order valence-corrected chi connectivity index (χ0v) is 13.6. The predicted molar refractivity (Wildman–Crippen MR) is 94.0 cm³/mol. The Morgan fingerprint density at radius 2 is 1.77 bits per heavy atom. The number of ketones is 1. The second kappa shape index (κ2) is 7.04. The van der Waals surface area contributed by atoms with Gasteiger partial charge in [0.1, 0.15) is 5.75 Å². The molecule has 2 rings (SSSR count). The Labute approximate surface area is 135 Å². The molecule has 0 aliphatic heterocycles. The largest absolute Gasteiger partial charge is 0.497 e. The van der Waals surface area contributed by atoms with Gasteiger partial charge in [-0.3, -0.25) is 4.79 Å². The Morgan fingerprint density at radius 3 is 2.32 bits per heavy atom. The van der Waals surface area contributed by atoms with Crippen LogP contribution in [0, 0.1) is 6.92 Å². The van der Waals surface area contributed by atoms with Gasteiger partial charge < -0.3 is 15.4 Å². The van der Waals surface area contributed by atoms with Crippen molar-refractivity contribution in [3.8, 4) is 5.75 Å². The maximum atomic E-state index is 11.2. The lowest BCUT2D eigenvalue weighted by molar-refractivity contribution is 0.101. The van der Waals surface area contributed by atoms with E-state index in [1.165, 1.54) is 0 Å². The van der Waals surface area contributed by atoms with Crippen LogP contribution in [0.2, 0.25) is 0 Å². The minimum atomic E-state index is 0.0427. The van der Waals surface area contributed by atoms with Crippen LogP contribution in [-0.4, -0.2) is 18.0 Å². The number of anilines is 2. The van der Waals surface area contributed by atoms with Crippen LogP contribution in [0.1, 0.15) is 22.8 Å². The molecule has 0 heterocycles. The molecule has 2 aromatic carbocycles. The third-order valence-electron chi connectivity index (χ3n) is 3.23. The number of benzene rings is 2. The highest BCUT2D eigenvalue weighted by Crippen LogP contribution is 2.21. The Kier molecular flexibility index (Phi) is 5.12. The summed E-state index contributed by atoms with van der Waals surface area (Å²) in [6.07, 6.45) is 0. The normalized spacial score (nSPS) is 9.95. The second-order valence-corrected chi connectivity index (χ2v) is 5.30. The first kappa shape index (κ1) is 16.0. The van der Waals surface area contributed by atoms with E-state index < -0.39 is 0 Å². The third kappa shape index (κ3) is 4.05. The minimum absolute atomic E-state index is 0.0427. The Morgan fingerprint density at radius 1 is 1.09 bits per heavy atom. The van der Waals surface area contributed by atoms with Crippen molar-refractivity contribution < 1.29 is 9.53 Å². The van der Waals surface area contributed by atoms with Gasteiger partial charge in [0.2, 0.25) is 0 Å². The van der Waals surface area contributed by atoms with Crippen molar-refractivity contribution in [1.82, 2.24) is 0 Å². The minimum Gasteiger partial charge on any atom is -0.497 e. The van der Waals surface area contributed by atoms with Crippen LogP contribution in [0.25, 0.3) is 0 Å². The van der Waals surface area contributed by atoms with Crippen LogP contribution in [-0.2, 0) is 0 Å². The van der Waals surface area contributed by atoms with Crippen LogP contribution in [0.15, 0.2) is 42.5 Å². The summed E-state index contributed by atoms with van der Waals surface area (Å²) in [5, 5.41) is 6.73. The van der Waals surface area contributed by atoms with Crippen LogP contribution in [0.5, 0.6) is 5.75 Å². The molecule has 0 aliphatic rings. The highest BCUT2D eigenvalue weighted by Gasteiger charge is 2.04. The molecule has 0 amide bonds. The fourth-order valence-corrected chi connectivity index (χ4v) is 2.20. The van der Waals surface area contributed by atoms with E-state index in [0.717, 1.165) is 22.7 Å². The number of methoxy groups -OCH3 is 1. The molecule has 0 aromatic heterocycles. The average Bonchev–Trinajstić information content (AvgIpc) is 2.49. The molecule has 5 heteroatoms. The SMILES string of the molecule is COc1ccc(NC(=S)Nc2ccc(C(C)=O)cc2)c(C)c1.